The Bertz CT molecular complexity index is 894. The van der Waals surface area contributed by atoms with Crippen LogP contribution in [0.4, 0.5) is 27.6 Å². The van der Waals surface area contributed by atoms with Gasteiger partial charge >= 0.3 is 51.4 Å². The molecule has 5 nitrogen and oxygen atoms in total. The summed E-state index contributed by atoms with van der Waals surface area (Å²) in [5.41, 5.74) is -0.585. The number of benzene rings is 2. The first-order valence-electron chi connectivity index (χ1n) is 6.02. The van der Waals surface area contributed by atoms with Crippen molar-refractivity contribution in [1.82, 2.24) is 0 Å². The van der Waals surface area contributed by atoms with E-state index >= 15 is 0 Å². The minimum atomic E-state index is -5.25. The molecule has 12 heteroatoms. The van der Waals surface area contributed by atoms with Crippen LogP contribution in [0.5, 0.6) is 11.5 Å². The summed E-state index contributed by atoms with van der Waals surface area (Å²) in [5.74, 6) is -13.3. The fraction of sp³-hybridized carbons (Fsp3) is 0.0769. The molecule has 0 unspecified atom stereocenters. The Morgan fingerprint density at radius 2 is 1.44 bits per heavy atom. The number of rotatable bonds is 4. The molecule has 2 rings (SSSR count). The molecule has 0 heterocycles. The van der Waals surface area contributed by atoms with Crippen LogP contribution >= 0.6 is 0 Å². The number of hydrogen-bond donors (Lipinski definition) is 2. The van der Waals surface area contributed by atoms with Crippen LogP contribution in [0.25, 0.3) is 0 Å². The van der Waals surface area contributed by atoms with Gasteiger partial charge in [0, 0.05) is 0 Å². The molecule has 132 valence electrons. The van der Waals surface area contributed by atoms with Gasteiger partial charge in [0.15, 0.2) is 39.7 Å². The Morgan fingerprint density at radius 1 is 0.960 bits per heavy atom. The summed E-state index contributed by atoms with van der Waals surface area (Å²) < 4.78 is 96.8. The second-order valence-corrected chi connectivity index (χ2v) is 5.98. The fourth-order valence-corrected chi connectivity index (χ4v) is 2.99. The second kappa shape index (κ2) is 8.18. The Morgan fingerprint density at radius 3 is 1.92 bits per heavy atom. The summed E-state index contributed by atoms with van der Waals surface area (Å²) >= 11 is 0. The van der Waals surface area contributed by atoms with Gasteiger partial charge in [-0.15, -0.1) is 0 Å². The number of halogens is 5. The summed E-state index contributed by atoms with van der Waals surface area (Å²) in [6.45, 7) is 0. The summed E-state index contributed by atoms with van der Waals surface area (Å²) in [5, 5.41) is 9.74. The van der Waals surface area contributed by atoms with Crippen molar-refractivity contribution in [1.29, 1.82) is 0 Å². The average Bonchev–Trinajstić information content (AvgIpc) is 2.52. The van der Waals surface area contributed by atoms with Crippen LogP contribution in [0.1, 0.15) is 0 Å². The van der Waals surface area contributed by atoms with Crippen LogP contribution in [0.3, 0.4) is 0 Å². The zero-order valence-corrected chi connectivity index (χ0v) is 12.5. The average molecular weight is 409 g/mol. The number of anilines is 1. The van der Waals surface area contributed by atoms with Crippen LogP contribution in [0, 0.1) is 29.1 Å². The van der Waals surface area contributed by atoms with E-state index in [1.807, 2.05) is 0 Å². The molecule has 0 atom stereocenters. The number of para-hydroxylation sites is 1. The van der Waals surface area contributed by atoms with Gasteiger partial charge in [0.25, 0.3) is 10.0 Å². The first-order chi connectivity index (χ1) is 11.1. The number of hydrogen-bond acceptors (Lipinski definition) is 4. The molecule has 0 aliphatic heterocycles. The Kier molecular flexibility index (Phi) is 7.24. The summed E-state index contributed by atoms with van der Waals surface area (Å²) in [4.78, 5) is -2.07. The molecule has 0 radical (unpaired) electrons. The molecule has 0 aromatic heterocycles. The maximum atomic E-state index is 13.6. The molecule has 0 saturated heterocycles. The number of methoxy groups -OCH3 is 1. The molecule has 0 saturated carbocycles. The van der Waals surface area contributed by atoms with E-state index < -0.39 is 55.4 Å². The maximum absolute atomic E-state index is 13.6. The SMILES string of the molecule is COc1cccc(NS(=O)(=O)c2c(F)c(F)c(F)c(F)c2F)c1O.[KH]. The first-order valence-corrected chi connectivity index (χ1v) is 7.50. The van der Waals surface area contributed by atoms with Crippen LogP contribution in [-0.2, 0) is 10.0 Å². The first kappa shape index (κ1) is 22.1. The van der Waals surface area contributed by atoms with Gasteiger partial charge in [0.1, 0.15) is 0 Å². The number of phenols is 1. The van der Waals surface area contributed by atoms with Gasteiger partial charge in [-0.25, -0.2) is 30.4 Å². The predicted molar refractivity (Wildman–Crippen MR) is 78.8 cm³/mol. The molecule has 0 aliphatic rings. The Hall–Kier alpha value is -0.924. The number of nitrogens with one attached hydrogen (secondary N) is 1. The second-order valence-electron chi connectivity index (χ2n) is 4.36. The molecular formula is C13H9F5KNO4S. The molecule has 2 N–H and O–H groups in total. The third kappa shape index (κ3) is 4.09. The summed E-state index contributed by atoms with van der Waals surface area (Å²) in [6.07, 6.45) is 0. The molecule has 25 heavy (non-hydrogen) atoms. The fourth-order valence-electron chi connectivity index (χ4n) is 1.79. The molecule has 0 fully saturated rings. The number of aromatic hydroxyl groups is 1. The van der Waals surface area contributed by atoms with E-state index in [9.17, 15) is 35.5 Å². The van der Waals surface area contributed by atoms with Crippen molar-refractivity contribution in [2.45, 2.75) is 4.90 Å². The van der Waals surface area contributed by atoms with E-state index in [0.29, 0.717) is 0 Å². The standard InChI is InChI=1S/C13H8F5NO4S.K.H/c1-23-6-4-2-3-5(12(6)20)19-24(21,22)13-10(17)8(15)7(14)9(16)11(13)18;;/h2-4,19-20H,1H3;;. The van der Waals surface area contributed by atoms with E-state index in [1.54, 1.807) is 0 Å². The Balaban J connectivity index is 0.00000312. The number of ether oxygens (including phenoxy) is 1. The molecule has 2 aromatic carbocycles. The van der Waals surface area contributed by atoms with Crippen molar-refractivity contribution < 1.29 is 40.2 Å². The van der Waals surface area contributed by atoms with Crippen molar-refractivity contribution in [3.63, 3.8) is 0 Å². The normalized spacial score (nSPS) is 11.0. The molecule has 0 amide bonds. The zero-order valence-electron chi connectivity index (χ0n) is 11.7. The molecular weight excluding hydrogens is 400 g/mol. The monoisotopic (exact) mass is 409 g/mol. The predicted octanol–water partition coefficient (Wildman–Crippen LogP) is 2.25. The summed E-state index contributed by atoms with van der Waals surface area (Å²) in [6, 6.07) is 3.45. The van der Waals surface area contributed by atoms with Gasteiger partial charge in [-0.05, 0) is 12.1 Å². The van der Waals surface area contributed by atoms with Crippen molar-refractivity contribution >= 4 is 67.1 Å². The molecule has 0 aliphatic carbocycles. The van der Waals surface area contributed by atoms with Gasteiger partial charge in [-0.1, -0.05) is 6.07 Å². The van der Waals surface area contributed by atoms with Gasteiger partial charge in [0.05, 0.1) is 12.8 Å². The number of sulfonamides is 1. The third-order valence-electron chi connectivity index (χ3n) is 2.90. The van der Waals surface area contributed by atoms with E-state index in [2.05, 4.69) is 0 Å². The van der Waals surface area contributed by atoms with Crippen molar-refractivity contribution in [3.05, 3.63) is 47.3 Å². The minimum absolute atomic E-state index is 0. The van der Waals surface area contributed by atoms with E-state index in [4.69, 9.17) is 4.74 Å². The third-order valence-corrected chi connectivity index (χ3v) is 4.29. The Labute approximate surface area is 181 Å². The van der Waals surface area contributed by atoms with Crippen LogP contribution in [0.15, 0.2) is 23.1 Å². The van der Waals surface area contributed by atoms with E-state index in [1.165, 1.54) is 16.9 Å². The molecule has 0 bridgehead atoms. The molecule has 2 aromatic rings. The van der Waals surface area contributed by atoms with Gasteiger partial charge in [-0.2, -0.15) is 0 Å². The zero-order chi connectivity index (χ0) is 18.2. The van der Waals surface area contributed by atoms with Crippen molar-refractivity contribution in [3.8, 4) is 11.5 Å². The van der Waals surface area contributed by atoms with Crippen LogP contribution in [0.2, 0.25) is 0 Å². The molecule has 0 spiro atoms. The van der Waals surface area contributed by atoms with Gasteiger partial charge in [-0.3, -0.25) is 4.72 Å². The summed E-state index contributed by atoms with van der Waals surface area (Å²) in [7, 11) is -4.10. The topological polar surface area (TPSA) is 75.6 Å². The quantitative estimate of drug-likeness (QED) is 0.267. The van der Waals surface area contributed by atoms with Crippen molar-refractivity contribution in [2.24, 2.45) is 0 Å². The van der Waals surface area contributed by atoms with E-state index in [-0.39, 0.29) is 57.1 Å². The van der Waals surface area contributed by atoms with E-state index in [0.717, 1.165) is 13.2 Å². The number of phenolic OH excluding ortho intramolecular Hbond substituents is 1. The van der Waals surface area contributed by atoms with Crippen LogP contribution < -0.4 is 9.46 Å². The van der Waals surface area contributed by atoms with Crippen molar-refractivity contribution in [2.75, 3.05) is 11.8 Å². The van der Waals surface area contributed by atoms with Gasteiger partial charge in [0.2, 0.25) is 5.82 Å². The van der Waals surface area contributed by atoms with Gasteiger partial charge < -0.3 is 9.84 Å². The van der Waals surface area contributed by atoms with Crippen LogP contribution in [-0.4, -0.2) is 72.0 Å².